The molecule has 0 aliphatic heterocycles. The van der Waals surface area contributed by atoms with Gasteiger partial charge in [-0.15, -0.1) is 0 Å². The number of nitrogens with zero attached hydrogens (tertiary/aromatic N) is 1. The third-order valence-corrected chi connectivity index (χ3v) is 3.93. The highest BCUT2D eigenvalue weighted by Crippen LogP contribution is 2.28. The van der Waals surface area contributed by atoms with Gasteiger partial charge in [-0.25, -0.2) is 9.78 Å². The van der Waals surface area contributed by atoms with Crippen molar-refractivity contribution in [3.05, 3.63) is 53.2 Å². The summed E-state index contributed by atoms with van der Waals surface area (Å²) >= 11 is 5.75. The maximum absolute atomic E-state index is 12.1. The lowest BCUT2D eigenvalue weighted by Gasteiger charge is -2.12. The van der Waals surface area contributed by atoms with Crippen molar-refractivity contribution in [2.75, 3.05) is 19.0 Å². The minimum atomic E-state index is -0.996. The van der Waals surface area contributed by atoms with Crippen LogP contribution in [0.5, 0.6) is 11.5 Å². The Kier molecular flexibility index (Phi) is 8.48. The largest absolute Gasteiger partial charge is 0.493 e. The van der Waals surface area contributed by atoms with Crippen LogP contribution >= 0.6 is 11.6 Å². The van der Waals surface area contributed by atoms with Crippen LogP contribution < -0.4 is 14.8 Å². The van der Waals surface area contributed by atoms with Crippen molar-refractivity contribution >= 4 is 35.4 Å². The van der Waals surface area contributed by atoms with Crippen molar-refractivity contribution in [3.63, 3.8) is 0 Å². The van der Waals surface area contributed by atoms with E-state index >= 15 is 0 Å². The smallest absolute Gasteiger partial charge is 0.331 e. The predicted molar refractivity (Wildman–Crippen MR) is 111 cm³/mol. The van der Waals surface area contributed by atoms with Crippen molar-refractivity contribution < 1.29 is 23.8 Å². The van der Waals surface area contributed by atoms with E-state index in [1.54, 1.807) is 43.5 Å². The van der Waals surface area contributed by atoms with Crippen molar-refractivity contribution in [1.29, 1.82) is 0 Å². The van der Waals surface area contributed by atoms with Crippen LogP contribution in [0, 0.1) is 0 Å². The quantitative estimate of drug-likeness (QED) is 0.487. The molecule has 2 aromatic rings. The van der Waals surface area contributed by atoms with E-state index in [0.717, 1.165) is 12.0 Å². The summed E-state index contributed by atoms with van der Waals surface area (Å²) in [6.07, 6.45) is 4.11. The van der Waals surface area contributed by atoms with Gasteiger partial charge in [0.2, 0.25) is 0 Å². The van der Waals surface area contributed by atoms with Gasteiger partial charge in [0.1, 0.15) is 5.82 Å². The Morgan fingerprint density at radius 2 is 2.03 bits per heavy atom. The molecule has 1 aromatic carbocycles. The molecule has 0 saturated carbocycles. The van der Waals surface area contributed by atoms with Gasteiger partial charge in [-0.2, -0.15) is 0 Å². The molecule has 0 fully saturated rings. The first-order valence-electron chi connectivity index (χ1n) is 9.05. The summed E-state index contributed by atoms with van der Waals surface area (Å²) in [5, 5.41) is 3.00. The van der Waals surface area contributed by atoms with Gasteiger partial charge in [0, 0.05) is 12.3 Å². The van der Waals surface area contributed by atoms with Crippen molar-refractivity contribution in [3.8, 4) is 11.5 Å². The van der Waals surface area contributed by atoms with Crippen LogP contribution in [-0.4, -0.2) is 36.7 Å². The second-order valence-corrected chi connectivity index (χ2v) is 6.46. The standard InChI is InChI=1S/C21H23ClN2O5/c1-4-11-28-17-8-5-15(12-18(17)27-3)6-10-20(25)29-14(2)21(26)24-19-9-7-16(22)13-23-19/h5-10,12-14H,4,11H2,1-3H3,(H,23,24,26)/b10-6+/t14-/m1/s1. The van der Waals surface area contributed by atoms with E-state index in [0.29, 0.717) is 28.9 Å². The van der Waals surface area contributed by atoms with Crippen molar-refractivity contribution in [1.82, 2.24) is 4.98 Å². The van der Waals surface area contributed by atoms with E-state index in [9.17, 15) is 9.59 Å². The van der Waals surface area contributed by atoms with Crippen LogP contribution in [0.1, 0.15) is 25.8 Å². The Labute approximate surface area is 174 Å². The van der Waals surface area contributed by atoms with Crippen LogP contribution in [0.25, 0.3) is 6.08 Å². The number of nitrogens with one attached hydrogen (secondary N) is 1. The van der Waals surface area contributed by atoms with Gasteiger partial charge in [-0.3, -0.25) is 4.79 Å². The number of hydrogen-bond acceptors (Lipinski definition) is 6. The summed E-state index contributed by atoms with van der Waals surface area (Å²) in [4.78, 5) is 28.1. The molecule has 7 nitrogen and oxygen atoms in total. The molecule has 8 heteroatoms. The van der Waals surface area contributed by atoms with E-state index in [1.807, 2.05) is 6.92 Å². The second-order valence-electron chi connectivity index (χ2n) is 6.02. The zero-order valence-electron chi connectivity index (χ0n) is 16.5. The molecule has 0 spiro atoms. The summed E-state index contributed by atoms with van der Waals surface area (Å²) in [6.45, 7) is 4.08. The predicted octanol–water partition coefficient (Wildman–Crippen LogP) is 4.12. The van der Waals surface area contributed by atoms with E-state index in [4.69, 9.17) is 25.8 Å². The Balaban J connectivity index is 1.92. The third kappa shape index (κ3) is 7.12. The van der Waals surface area contributed by atoms with Crippen molar-refractivity contribution in [2.24, 2.45) is 0 Å². The molecule has 0 aliphatic carbocycles. The normalized spacial score (nSPS) is 11.7. The average molecular weight is 419 g/mol. The molecule has 1 amide bonds. The average Bonchev–Trinajstić information content (AvgIpc) is 2.72. The fraction of sp³-hybridized carbons (Fsp3) is 0.286. The van der Waals surface area contributed by atoms with Gasteiger partial charge in [-0.05, 0) is 49.2 Å². The first-order chi connectivity index (χ1) is 13.9. The van der Waals surface area contributed by atoms with E-state index < -0.39 is 18.0 Å². The monoisotopic (exact) mass is 418 g/mol. The summed E-state index contributed by atoms with van der Waals surface area (Å²) in [5.74, 6) is 0.366. The van der Waals surface area contributed by atoms with Gasteiger partial charge in [0.05, 0.1) is 18.7 Å². The number of ether oxygens (including phenoxy) is 3. The number of amides is 1. The number of hydrogen-bond donors (Lipinski definition) is 1. The maximum Gasteiger partial charge on any atom is 0.331 e. The SMILES string of the molecule is CCCOc1ccc(/C=C/C(=O)O[C@H](C)C(=O)Nc2ccc(Cl)cn2)cc1OC. The number of methoxy groups -OCH3 is 1. The number of carbonyl (C=O) groups is 2. The number of halogens is 1. The molecule has 0 aliphatic rings. The lowest BCUT2D eigenvalue weighted by molar-refractivity contribution is -0.148. The maximum atomic E-state index is 12.1. The lowest BCUT2D eigenvalue weighted by Crippen LogP contribution is -2.29. The number of esters is 1. The number of anilines is 1. The first kappa shape index (κ1) is 22.2. The molecule has 1 N–H and O–H groups in total. The molecule has 0 radical (unpaired) electrons. The minimum absolute atomic E-state index is 0.315. The topological polar surface area (TPSA) is 86.8 Å². The molecule has 0 bridgehead atoms. The van der Waals surface area contributed by atoms with E-state index in [-0.39, 0.29) is 0 Å². The van der Waals surface area contributed by atoms with Gasteiger partial charge in [-0.1, -0.05) is 24.6 Å². The molecule has 0 saturated heterocycles. The van der Waals surface area contributed by atoms with Gasteiger partial charge < -0.3 is 19.5 Å². The highest BCUT2D eigenvalue weighted by atomic mass is 35.5. The van der Waals surface area contributed by atoms with Crippen LogP contribution in [0.4, 0.5) is 5.82 Å². The number of aromatic nitrogens is 1. The Morgan fingerprint density at radius 1 is 1.24 bits per heavy atom. The fourth-order valence-corrected chi connectivity index (χ4v) is 2.34. The number of carbonyl (C=O) groups excluding carboxylic acids is 2. The van der Waals surface area contributed by atoms with Crippen LogP contribution in [0.2, 0.25) is 5.02 Å². The molecule has 2 rings (SSSR count). The molecule has 1 heterocycles. The van der Waals surface area contributed by atoms with Gasteiger partial charge >= 0.3 is 5.97 Å². The number of rotatable bonds is 9. The summed E-state index contributed by atoms with van der Waals surface area (Å²) in [5.41, 5.74) is 0.727. The summed E-state index contributed by atoms with van der Waals surface area (Å²) < 4.78 is 16.0. The Morgan fingerprint density at radius 3 is 2.69 bits per heavy atom. The molecule has 0 unspecified atom stereocenters. The number of pyridine rings is 1. The van der Waals surface area contributed by atoms with Gasteiger partial charge in [0.15, 0.2) is 17.6 Å². The second kappa shape index (κ2) is 11.1. The lowest BCUT2D eigenvalue weighted by atomic mass is 10.2. The zero-order valence-corrected chi connectivity index (χ0v) is 17.2. The Hall–Kier alpha value is -3.06. The molecule has 29 heavy (non-hydrogen) atoms. The highest BCUT2D eigenvalue weighted by Gasteiger charge is 2.17. The number of benzene rings is 1. The van der Waals surface area contributed by atoms with Crippen molar-refractivity contribution in [2.45, 2.75) is 26.4 Å². The Bertz CT molecular complexity index is 868. The third-order valence-electron chi connectivity index (χ3n) is 3.70. The molecular weight excluding hydrogens is 396 g/mol. The van der Waals surface area contributed by atoms with Gasteiger partial charge in [0.25, 0.3) is 5.91 Å². The van der Waals surface area contributed by atoms with Crippen LogP contribution in [0.15, 0.2) is 42.6 Å². The highest BCUT2D eigenvalue weighted by molar-refractivity contribution is 6.30. The first-order valence-corrected chi connectivity index (χ1v) is 9.42. The molecule has 1 aromatic heterocycles. The van der Waals surface area contributed by atoms with Crippen LogP contribution in [-0.2, 0) is 14.3 Å². The van der Waals surface area contributed by atoms with E-state index in [1.165, 1.54) is 19.2 Å². The summed E-state index contributed by atoms with van der Waals surface area (Å²) in [7, 11) is 1.55. The molecule has 154 valence electrons. The fourth-order valence-electron chi connectivity index (χ4n) is 2.23. The summed E-state index contributed by atoms with van der Waals surface area (Å²) in [6, 6.07) is 8.46. The zero-order chi connectivity index (χ0) is 21.2. The molecule has 1 atom stereocenters. The van der Waals surface area contributed by atoms with Crippen LogP contribution in [0.3, 0.4) is 0 Å². The minimum Gasteiger partial charge on any atom is -0.493 e. The van der Waals surface area contributed by atoms with E-state index in [2.05, 4.69) is 10.3 Å². The molecular formula is C21H23ClN2O5.